The zero-order valence-corrected chi connectivity index (χ0v) is 20.7. The Hall–Kier alpha value is -4.46. The summed E-state index contributed by atoms with van der Waals surface area (Å²) in [5, 5.41) is 10.5. The predicted octanol–water partition coefficient (Wildman–Crippen LogP) is 7.41. The van der Waals surface area contributed by atoms with E-state index in [1.807, 2.05) is 54.7 Å². The summed E-state index contributed by atoms with van der Waals surface area (Å²) in [4.78, 5) is 25.5. The van der Waals surface area contributed by atoms with Gasteiger partial charge in [-0.1, -0.05) is 29.3 Å². The number of fused-ring (bicyclic) bond motifs is 6. The number of halogens is 2. The van der Waals surface area contributed by atoms with Crippen LogP contribution in [0.1, 0.15) is 0 Å². The molecule has 0 saturated heterocycles. The third-order valence-corrected chi connectivity index (χ3v) is 6.36. The zero-order valence-electron chi connectivity index (χ0n) is 19.2. The quantitative estimate of drug-likeness (QED) is 0.187. The lowest BCUT2D eigenvalue weighted by atomic mass is 10.1. The smallest absolute Gasteiger partial charge is 0.139 e. The monoisotopic (exact) mass is 521 g/mol. The summed E-state index contributed by atoms with van der Waals surface area (Å²) >= 11 is 12.1. The van der Waals surface area contributed by atoms with Crippen LogP contribution in [0.15, 0.2) is 98.1 Å². The Morgan fingerprint density at radius 1 is 0.541 bits per heavy atom. The van der Waals surface area contributed by atoms with Gasteiger partial charge in [0.05, 0.1) is 23.4 Å². The molecule has 0 aliphatic heterocycles. The van der Waals surface area contributed by atoms with Crippen LogP contribution in [0, 0.1) is 0 Å². The Bertz CT molecular complexity index is 1910. The van der Waals surface area contributed by atoms with Crippen LogP contribution < -0.4 is 5.32 Å². The SMILES string of the molecule is Clc1cccc(Nc2nc3cnccc3c3cnccc23)c1.Clc1nc2cnccc2c2cnccc12. The molecule has 0 amide bonds. The Labute approximate surface area is 221 Å². The minimum atomic E-state index is 0.493. The molecule has 0 radical (unpaired) electrons. The maximum atomic E-state index is 6.07. The second kappa shape index (κ2) is 9.89. The van der Waals surface area contributed by atoms with Crippen molar-refractivity contribution in [2.24, 2.45) is 0 Å². The van der Waals surface area contributed by atoms with Gasteiger partial charge in [-0.3, -0.25) is 19.9 Å². The molecule has 0 aliphatic carbocycles. The molecule has 0 spiro atoms. The number of pyridine rings is 6. The van der Waals surface area contributed by atoms with Crippen molar-refractivity contribution in [3.05, 3.63) is 108 Å². The summed E-state index contributed by atoms with van der Waals surface area (Å²) < 4.78 is 0. The summed E-state index contributed by atoms with van der Waals surface area (Å²) in [6.45, 7) is 0. The molecule has 0 unspecified atom stereocenters. The summed E-state index contributed by atoms with van der Waals surface area (Å²) in [5.74, 6) is 0.764. The Balaban J connectivity index is 0.000000146. The van der Waals surface area contributed by atoms with Crippen molar-refractivity contribution in [3.63, 3.8) is 0 Å². The van der Waals surface area contributed by atoms with Gasteiger partial charge >= 0.3 is 0 Å². The van der Waals surface area contributed by atoms with Gasteiger partial charge in [0.15, 0.2) is 0 Å². The van der Waals surface area contributed by atoms with Gasteiger partial charge in [-0.25, -0.2) is 9.97 Å². The zero-order chi connectivity index (χ0) is 25.2. The van der Waals surface area contributed by atoms with Gasteiger partial charge in [-0.05, 0) is 42.5 Å². The third kappa shape index (κ3) is 4.58. The summed E-state index contributed by atoms with van der Waals surface area (Å²) in [6.07, 6.45) is 14.1. The van der Waals surface area contributed by atoms with Crippen LogP contribution in [0.4, 0.5) is 11.5 Å². The van der Waals surface area contributed by atoms with E-state index >= 15 is 0 Å². The first-order chi connectivity index (χ1) is 18.2. The summed E-state index contributed by atoms with van der Waals surface area (Å²) in [7, 11) is 0. The van der Waals surface area contributed by atoms with Crippen molar-refractivity contribution in [2.75, 3.05) is 5.32 Å². The van der Waals surface area contributed by atoms with E-state index in [2.05, 4.69) is 35.2 Å². The van der Waals surface area contributed by atoms with E-state index in [9.17, 15) is 0 Å². The fraction of sp³-hybridized carbons (Fsp3) is 0. The third-order valence-electron chi connectivity index (χ3n) is 5.84. The van der Waals surface area contributed by atoms with Crippen LogP contribution in [0.5, 0.6) is 0 Å². The van der Waals surface area contributed by atoms with E-state index in [0.29, 0.717) is 10.2 Å². The lowest BCUT2D eigenvalue weighted by Gasteiger charge is -2.11. The van der Waals surface area contributed by atoms with E-state index in [-0.39, 0.29) is 0 Å². The van der Waals surface area contributed by atoms with Crippen LogP contribution in [-0.4, -0.2) is 29.9 Å². The van der Waals surface area contributed by atoms with Crippen LogP contribution in [0.2, 0.25) is 10.2 Å². The van der Waals surface area contributed by atoms with Crippen LogP contribution in [0.25, 0.3) is 43.4 Å². The van der Waals surface area contributed by atoms with Crippen molar-refractivity contribution in [1.82, 2.24) is 29.9 Å². The number of anilines is 2. The van der Waals surface area contributed by atoms with E-state index in [1.165, 1.54) is 0 Å². The molecule has 6 aromatic heterocycles. The summed E-state index contributed by atoms with van der Waals surface area (Å²) in [6, 6.07) is 15.2. The van der Waals surface area contributed by atoms with Crippen molar-refractivity contribution < 1.29 is 0 Å². The van der Waals surface area contributed by atoms with Gasteiger partial charge in [0.1, 0.15) is 11.0 Å². The van der Waals surface area contributed by atoms with Gasteiger partial charge in [0, 0.05) is 80.2 Å². The van der Waals surface area contributed by atoms with Crippen LogP contribution in [-0.2, 0) is 0 Å². The first-order valence-electron chi connectivity index (χ1n) is 11.3. The van der Waals surface area contributed by atoms with Gasteiger partial charge in [-0.2, -0.15) is 0 Å². The van der Waals surface area contributed by atoms with E-state index in [0.717, 1.165) is 54.9 Å². The lowest BCUT2D eigenvalue weighted by Crippen LogP contribution is -1.96. The first-order valence-corrected chi connectivity index (χ1v) is 12.1. The molecule has 0 aliphatic rings. The number of benzene rings is 1. The molecule has 7 aromatic rings. The second-order valence-corrected chi connectivity index (χ2v) is 8.92. The minimum Gasteiger partial charge on any atom is -0.340 e. The van der Waals surface area contributed by atoms with E-state index in [4.69, 9.17) is 23.2 Å². The fourth-order valence-corrected chi connectivity index (χ4v) is 4.60. The number of rotatable bonds is 2. The van der Waals surface area contributed by atoms with E-state index < -0.39 is 0 Å². The van der Waals surface area contributed by atoms with Gasteiger partial charge < -0.3 is 5.32 Å². The van der Waals surface area contributed by atoms with Gasteiger partial charge in [0.2, 0.25) is 0 Å². The molecule has 1 aromatic carbocycles. The Morgan fingerprint density at radius 3 is 1.78 bits per heavy atom. The molecule has 7 rings (SSSR count). The highest BCUT2D eigenvalue weighted by Crippen LogP contribution is 2.30. The number of hydrogen-bond acceptors (Lipinski definition) is 7. The van der Waals surface area contributed by atoms with Crippen molar-refractivity contribution >= 4 is 78.1 Å². The average molecular weight is 522 g/mol. The van der Waals surface area contributed by atoms with E-state index in [1.54, 1.807) is 43.4 Å². The predicted molar refractivity (Wildman–Crippen MR) is 149 cm³/mol. The highest BCUT2D eigenvalue weighted by atomic mass is 35.5. The molecule has 0 bridgehead atoms. The molecule has 9 heteroatoms. The van der Waals surface area contributed by atoms with Crippen molar-refractivity contribution in [3.8, 4) is 0 Å². The topological polar surface area (TPSA) is 89.4 Å². The molecule has 178 valence electrons. The molecular weight excluding hydrogens is 505 g/mol. The fourth-order valence-electron chi connectivity index (χ4n) is 4.16. The van der Waals surface area contributed by atoms with Gasteiger partial charge in [0.25, 0.3) is 0 Å². The molecule has 0 atom stereocenters. The minimum absolute atomic E-state index is 0.493. The standard InChI is InChI=1S/C17H11ClN4.C11H6ClN3/c18-11-2-1-3-12(8-11)21-17-14-5-7-19-9-15(14)13-4-6-20-10-16(13)22-17;12-11-8-2-4-13-5-9(8)7-1-3-14-6-10(7)15-11/h1-10H,(H,21,22);1-6H. The Kier molecular flexibility index (Phi) is 6.14. The van der Waals surface area contributed by atoms with Crippen molar-refractivity contribution in [2.45, 2.75) is 0 Å². The molecule has 7 nitrogen and oxygen atoms in total. The molecule has 0 saturated carbocycles. The molecule has 0 fully saturated rings. The average Bonchev–Trinajstić information content (AvgIpc) is 2.94. The maximum Gasteiger partial charge on any atom is 0.139 e. The number of nitrogens with zero attached hydrogens (tertiary/aromatic N) is 6. The van der Waals surface area contributed by atoms with Crippen molar-refractivity contribution in [1.29, 1.82) is 0 Å². The van der Waals surface area contributed by atoms with Crippen LogP contribution in [0.3, 0.4) is 0 Å². The first kappa shape index (κ1) is 23.0. The number of hydrogen-bond donors (Lipinski definition) is 1. The van der Waals surface area contributed by atoms with Gasteiger partial charge in [-0.15, -0.1) is 0 Å². The molecule has 37 heavy (non-hydrogen) atoms. The van der Waals surface area contributed by atoms with Crippen LogP contribution >= 0.6 is 23.2 Å². The molecular formula is C28H17Cl2N7. The molecule has 6 heterocycles. The second-order valence-electron chi connectivity index (χ2n) is 8.13. The summed E-state index contributed by atoms with van der Waals surface area (Å²) in [5.41, 5.74) is 2.51. The maximum absolute atomic E-state index is 6.07. The molecule has 1 N–H and O–H groups in total. The normalized spacial score (nSPS) is 11.0. The number of aromatic nitrogens is 6. The Morgan fingerprint density at radius 2 is 1.11 bits per heavy atom. The highest BCUT2D eigenvalue weighted by Gasteiger charge is 2.09. The highest BCUT2D eigenvalue weighted by molar-refractivity contribution is 6.35. The number of nitrogens with one attached hydrogen (secondary N) is 1. The lowest BCUT2D eigenvalue weighted by molar-refractivity contribution is 1.30. The largest absolute Gasteiger partial charge is 0.340 e.